The van der Waals surface area contributed by atoms with Crippen LogP contribution in [0, 0.1) is 0 Å². The van der Waals surface area contributed by atoms with Gasteiger partial charge in [0.05, 0.1) is 0 Å². The van der Waals surface area contributed by atoms with Crippen molar-refractivity contribution >= 4 is 12.0 Å². The molecule has 104 valence electrons. The molecule has 0 bridgehead atoms. The molecule has 0 saturated heterocycles. The third-order valence-electron chi connectivity index (χ3n) is 2.54. The SMILES string of the molecule is CNCCCNC(=O)NC(C(=O)O)c1ccccc1. The maximum Gasteiger partial charge on any atom is 0.330 e. The number of aliphatic carboxylic acids is 1. The Bertz CT molecular complexity index is 409. The molecule has 6 heteroatoms. The van der Waals surface area contributed by atoms with Crippen LogP contribution in [0.3, 0.4) is 0 Å². The lowest BCUT2D eigenvalue weighted by molar-refractivity contribution is -0.139. The van der Waals surface area contributed by atoms with E-state index in [1.165, 1.54) is 0 Å². The highest BCUT2D eigenvalue weighted by molar-refractivity contribution is 5.83. The third-order valence-corrected chi connectivity index (χ3v) is 2.54. The highest BCUT2D eigenvalue weighted by atomic mass is 16.4. The van der Waals surface area contributed by atoms with Gasteiger partial charge in [0, 0.05) is 6.54 Å². The fraction of sp³-hybridized carbons (Fsp3) is 0.385. The normalized spacial score (nSPS) is 11.6. The van der Waals surface area contributed by atoms with E-state index in [9.17, 15) is 9.59 Å². The zero-order valence-electron chi connectivity index (χ0n) is 10.8. The average molecular weight is 265 g/mol. The van der Waals surface area contributed by atoms with Crippen LogP contribution in [0.1, 0.15) is 18.0 Å². The second-order valence-electron chi connectivity index (χ2n) is 4.04. The molecule has 0 aliphatic heterocycles. The number of hydrogen-bond acceptors (Lipinski definition) is 3. The maximum atomic E-state index is 11.6. The minimum atomic E-state index is -1.09. The van der Waals surface area contributed by atoms with Crippen LogP contribution >= 0.6 is 0 Å². The van der Waals surface area contributed by atoms with E-state index < -0.39 is 18.0 Å². The molecule has 4 N–H and O–H groups in total. The predicted molar refractivity (Wildman–Crippen MR) is 71.9 cm³/mol. The molecule has 2 amide bonds. The van der Waals surface area contributed by atoms with Crippen molar-refractivity contribution in [1.29, 1.82) is 0 Å². The summed E-state index contributed by atoms with van der Waals surface area (Å²) in [7, 11) is 1.83. The molecule has 0 spiro atoms. The lowest BCUT2D eigenvalue weighted by Crippen LogP contribution is -2.41. The van der Waals surface area contributed by atoms with Crippen LogP contribution in [0.15, 0.2) is 30.3 Å². The largest absolute Gasteiger partial charge is 0.479 e. The summed E-state index contributed by atoms with van der Waals surface area (Å²) < 4.78 is 0. The van der Waals surface area contributed by atoms with Crippen molar-refractivity contribution in [2.24, 2.45) is 0 Å². The Morgan fingerprint density at radius 3 is 2.47 bits per heavy atom. The molecule has 0 saturated carbocycles. The Hall–Kier alpha value is -2.08. The number of carbonyl (C=O) groups excluding carboxylic acids is 1. The summed E-state index contributed by atoms with van der Waals surface area (Å²) in [5.41, 5.74) is 0.542. The summed E-state index contributed by atoms with van der Waals surface area (Å²) in [6.45, 7) is 1.29. The van der Waals surface area contributed by atoms with Gasteiger partial charge in [0.25, 0.3) is 0 Å². The molecule has 1 aromatic rings. The molecule has 0 heterocycles. The van der Waals surface area contributed by atoms with Gasteiger partial charge >= 0.3 is 12.0 Å². The summed E-state index contributed by atoms with van der Waals surface area (Å²) in [6.07, 6.45) is 0.785. The second kappa shape index (κ2) is 8.10. The number of carbonyl (C=O) groups is 2. The van der Waals surface area contributed by atoms with Crippen molar-refractivity contribution in [3.8, 4) is 0 Å². The van der Waals surface area contributed by atoms with Gasteiger partial charge < -0.3 is 21.1 Å². The number of carboxylic acids is 1. The van der Waals surface area contributed by atoms with Crippen LogP contribution in [0.2, 0.25) is 0 Å². The summed E-state index contributed by atoms with van der Waals surface area (Å²) >= 11 is 0. The number of nitrogens with one attached hydrogen (secondary N) is 3. The van der Waals surface area contributed by atoms with E-state index in [4.69, 9.17) is 5.11 Å². The molecule has 0 radical (unpaired) electrons. The van der Waals surface area contributed by atoms with Crippen molar-refractivity contribution in [2.75, 3.05) is 20.1 Å². The average Bonchev–Trinajstić information content (AvgIpc) is 2.41. The Morgan fingerprint density at radius 1 is 1.21 bits per heavy atom. The van der Waals surface area contributed by atoms with Crippen LogP contribution in [0.4, 0.5) is 4.79 Å². The molecule has 0 aliphatic rings. The minimum Gasteiger partial charge on any atom is -0.479 e. The molecule has 19 heavy (non-hydrogen) atoms. The van der Waals surface area contributed by atoms with E-state index >= 15 is 0 Å². The first-order valence-corrected chi connectivity index (χ1v) is 6.12. The van der Waals surface area contributed by atoms with Crippen LogP contribution in [0.25, 0.3) is 0 Å². The van der Waals surface area contributed by atoms with Crippen LogP contribution in [-0.4, -0.2) is 37.2 Å². The summed E-state index contributed by atoms with van der Waals surface area (Å²) in [4.78, 5) is 22.7. The highest BCUT2D eigenvalue weighted by Gasteiger charge is 2.21. The molecule has 6 nitrogen and oxygen atoms in total. The first kappa shape index (κ1) is 15.0. The van der Waals surface area contributed by atoms with Crippen molar-refractivity contribution < 1.29 is 14.7 Å². The van der Waals surface area contributed by atoms with Gasteiger partial charge in [0.1, 0.15) is 0 Å². The molecule has 0 aliphatic carbocycles. The van der Waals surface area contributed by atoms with Gasteiger partial charge in [-0.2, -0.15) is 0 Å². The Balaban J connectivity index is 2.51. The van der Waals surface area contributed by atoms with Gasteiger partial charge in [-0.15, -0.1) is 0 Å². The topological polar surface area (TPSA) is 90.5 Å². The number of rotatable bonds is 7. The molecule has 1 rings (SSSR count). The number of hydrogen-bond donors (Lipinski definition) is 4. The second-order valence-corrected chi connectivity index (χ2v) is 4.04. The van der Waals surface area contributed by atoms with Gasteiger partial charge in [0.15, 0.2) is 6.04 Å². The van der Waals surface area contributed by atoms with E-state index in [0.717, 1.165) is 13.0 Å². The monoisotopic (exact) mass is 265 g/mol. The molecule has 0 fully saturated rings. The highest BCUT2D eigenvalue weighted by Crippen LogP contribution is 2.12. The molecule has 1 unspecified atom stereocenters. The molecular weight excluding hydrogens is 246 g/mol. The minimum absolute atomic E-state index is 0.479. The number of amides is 2. The van der Waals surface area contributed by atoms with Crippen LogP contribution in [-0.2, 0) is 4.79 Å². The number of carboxylic acid groups (broad SMARTS) is 1. The van der Waals surface area contributed by atoms with E-state index in [2.05, 4.69) is 16.0 Å². The third kappa shape index (κ3) is 5.39. The molecule has 1 aromatic carbocycles. The van der Waals surface area contributed by atoms with Crippen molar-refractivity contribution in [3.63, 3.8) is 0 Å². The van der Waals surface area contributed by atoms with Gasteiger partial charge in [0.2, 0.25) is 0 Å². The molecular formula is C13H19N3O3. The lowest BCUT2D eigenvalue weighted by Gasteiger charge is -2.15. The quantitative estimate of drug-likeness (QED) is 0.547. The lowest BCUT2D eigenvalue weighted by atomic mass is 10.1. The Kier molecular flexibility index (Phi) is 6.38. The Morgan fingerprint density at radius 2 is 1.89 bits per heavy atom. The predicted octanol–water partition coefficient (Wildman–Crippen LogP) is 0.721. The molecule has 1 atom stereocenters. The number of benzene rings is 1. The van der Waals surface area contributed by atoms with E-state index in [1.54, 1.807) is 30.3 Å². The standard InChI is InChI=1S/C13H19N3O3/c1-14-8-5-9-15-13(19)16-11(12(17)18)10-6-3-2-4-7-10/h2-4,6-7,11,14H,5,8-9H2,1H3,(H,17,18)(H2,15,16,19). The zero-order chi connectivity index (χ0) is 14.1. The van der Waals surface area contributed by atoms with Crippen LogP contribution in [0.5, 0.6) is 0 Å². The molecule has 0 aromatic heterocycles. The van der Waals surface area contributed by atoms with Gasteiger partial charge in [-0.25, -0.2) is 9.59 Å². The fourth-order valence-electron chi connectivity index (χ4n) is 1.58. The Labute approximate surface area is 112 Å². The summed E-state index contributed by atoms with van der Waals surface area (Å²) in [6, 6.07) is 7.08. The van der Waals surface area contributed by atoms with Gasteiger partial charge in [-0.3, -0.25) is 0 Å². The van der Waals surface area contributed by atoms with Crippen molar-refractivity contribution in [3.05, 3.63) is 35.9 Å². The van der Waals surface area contributed by atoms with Gasteiger partial charge in [-0.1, -0.05) is 30.3 Å². The first-order chi connectivity index (χ1) is 9.15. The zero-order valence-corrected chi connectivity index (χ0v) is 10.8. The van der Waals surface area contributed by atoms with Crippen molar-refractivity contribution in [2.45, 2.75) is 12.5 Å². The maximum absolute atomic E-state index is 11.6. The van der Waals surface area contributed by atoms with Crippen LogP contribution < -0.4 is 16.0 Å². The van der Waals surface area contributed by atoms with E-state index in [1.807, 2.05) is 7.05 Å². The number of urea groups is 1. The smallest absolute Gasteiger partial charge is 0.330 e. The fourth-order valence-corrected chi connectivity index (χ4v) is 1.58. The summed E-state index contributed by atoms with van der Waals surface area (Å²) in [5, 5.41) is 17.2. The van der Waals surface area contributed by atoms with Crippen molar-refractivity contribution in [1.82, 2.24) is 16.0 Å². The van der Waals surface area contributed by atoms with E-state index in [-0.39, 0.29) is 0 Å². The summed E-state index contributed by atoms with van der Waals surface area (Å²) in [5.74, 6) is -1.09. The first-order valence-electron chi connectivity index (χ1n) is 6.12. The van der Waals surface area contributed by atoms with E-state index in [0.29, 0.717) is 12.1 Å². The van der Waals surface area contributed by atoms with Gasteiger partial charge in [-0.05, 0) is 25.6 Å².